The Morgan fingerprint density at radius 3 is 2.58 bits per heavy atom. The largest absolute Gasteiger partial charge is 0.493 e. The third-order valence-corrected chi connectivity index (χ3v) is 8.44. The number of carbonyl (C=O) groups excluding carboxylic acids is 2. The van der Waals surface area contributed by atoms with Crippen molar-refractivity contribution in [2.24, 2.45) is 0 Å². The fourth-order valence-corrected chi connectivity index (χ4v) is 6.08. The number of amides is 2. The third kappa shape index (κ3) is 5.33. The summed E-state index contributed by atoms with van der Waals surface area (Å²) in [4.78, 5) is 43.5. The van der Waals surface area contributed by atoms with Gasteiger partial charge in [-0.25, -0.2) is 9.37 Å². The number of aryl methyl sites for hydroxylation is 1. The van der Waals surface area contributed by atoms with E-state index >= 15 is 4.39 Å². The van der Waals surface area contributed by atoms with Gasteiger partial charge in [0.1, 0.15) is 5.69 Å². The first-order valence-corrected chi connectivity index (χ1v) is 14.7. The van der Waals surface area contributed by atoms with Crippen LogP contribution in [0.15, 0.2) is 55.0 Å². The van der Waals surface area contributed by atoms with Crippen molar-refractivity contribution in [1.82, 2.24) is 24.8 Å². The molecule has 0 bridgehead atoms. The van der Waals surface area contributed by atoms with Crippen molar-refractivity contribution in [3.8, 4) is 16.9 Å². The molecule has 0 radical (unpaired) electrons. The molecule has 0 unspecified atom stereocenters. The lowest BCUT2D eigenvalue weighted by Crippen LogP contribution is -2.49. The second-order valence-corrected chi connectivity index (χ2v) is 10.9. The van der Waals surface area contributed by atoms with E-state index in [4.69, 9.17) is 4.74 Å². The maximum atomic E-state index is 16.3. The van der Waals surface area contributed by atoms with Crippen LogP contribution in [0.4, 0.5) is 10.2 Å². The molecule has 43 heavy (non-hydrogen) atoms. The molecule has 0 spiro atoms. The Balaban J connectivity index is 1.37. The van der Waals surface area contributed by atoms with Gasteiger partial charge in [0.25, 0.3) is 5.91 Å². The highest BCUT2D eigenvalue weighted by Gasteiger charge is 2.28. The van der Waals surface area contributed by atoms with E-state index in [0.717, 1.165) is 34.5 Å². The maximum absolute atomic E-state index is 16.3. The number of anilines is 1. The number of pyridine rings is 2. The SMILES string of the molecule is CCc1ccncc1-c1cc(C2=CCCN(C(C)=O)C2)c(F)c2[nH]c(C(=O)N3CCN(c4ncccc4OC)CC3)cc12. The first-order valence-electron chi connectivity index (χ1n) is 14.7. The number of carbonyl (C=O) groups is 2. The number of hydrogen-bond acceptors (Lipinski definition) is 6. The molecule has 222 valence electrons. The van der Waals surface area contributed by atoms with Crippen LogP contribution in [-0.4, -0.2) is 82.9 Å². The minimum atomic E-state index is -0.427. The molecule has 0 aliphatic carbocycles. The van der Waals surface area contributed by atoms with Gasteiger partial charge in [-0.2, -0.15) is 0 Å². The van der Waals surface area contributed by atoms with Gasteiger partial charge in [-0.3, -0.25) is 14.6 Å². The van der Waals surface area contributed by atoms with Gasteiger partial charge in [0, 0.05) is 81.3 Å². The first-order chi connectivity index (χ1) is 20.9. The highest BCUT2D eigenvalue weighted by Crippen LogP contribution is 2.38. The molecule has 1 N–H and O–H groups in total. The fraction of sp³-hybridized carbons (Fsp3) is 0.333. The van der Waals surface area contributed by atoms with Crippen LogP contribution in [0, 0.1) is 5.82 Å². The van der Waals surface area contributed by atoms with Crippen LogP contribution < -0.4 is 9.64 Å². The summed E-state index contributed by atoms with van der Waals surface area (Å²) in [5.41, 5.74) is 4.57. The summed E-state index contributed by atoms with van der Waals surface area (Å²) in [5.74, 6) is 0.798. The van der Waals surface area contributed by atoms with Gasteiger partial charge in [-0.05, 0) is 59.9 Å². The topological polar surface area (TPSA) is 94.7 Å². The average molecular weight is 583 g/mol. The molecule has 1 saturated heterocycles. The highest BCUT2D eigenvalue weighted by molar-refractivity contribution is 6.05. The second kappa shape index (κ2) is 11.9. The standard InChI is InChI=1S/C33H35FN6O3/c1-4-22-9-11-35-19-27(22)25-17-24(23-7-6-12-40(20-23)21(2)41)30(34)31-26(25)18-28(37-31)33(42)39-15-13-38(14-16-39)32-29(43-3)8-5-10-36-32/h5,7-11,17-19,37H,4,6,12-16,20H2,1-3H3. The number of halogens is 1. The zero-order chi connectivity index (χ0) is 30.1. The van der Waals surface area contributed by atoms with Gasteiger partial charge in [0.05, 0.1) is 12.6 Å². The fourth-order valence-electron chi connectivity index (χ4n) is 6.08. The molecular formula is C33H35FN6O3. The minimum absolute atomic E-state index is 0.0396. The lowest BCUT2D eigenvalue weighted by molar-refractivity contribution is -0.128. The van der Waals surface area contributed by atoms with E-state index in [-0.39, 0.29) is 17.3 Å². The zero-order valence-electron chi connectivity index (χ0n) is 24.7. The molecule has 1 aromatic carbocycles. The molecule has 6 rings (SSSR count). The van der Waals surface area contributed by atoms with E-state index < -0.39 is 5.82 Å². The molecule has 3 aromatic heterocycles. The van der Waals surface area contributed by atoms with Gasteiger partial charge in [0.15, 0.2) is 17.4 Å². The normalized spacial score (nSPS) is 15.5. The predicted molar refractivity (Wildman–Crippen MR) is 165 cm³/mol. The number of methoxy groups -OCH3 is 1. The molecule has 4 aromatic rings. The van der Waals surface area contributed by atoms with E-state index in [1.54, 1.807) is 41.6 Å². The van der Waals surface area contributed by atoms with E-state index in [2.05, 4.69) is 26.8 Å². The molecule has 2 aliphatic rings. The Bertz CT molecular complexity index is 1720. The predicted octanol–water partition coefficient (Wildman–Crippen LogP) is 4.93. The summed E-state index contributed by atoms with van der Waals surface area (Å²) in [6.07, 6.45) is 8.71. The van der Waals surface area contributed by atoms with Crippen molar-refractivity contribution in [2.75, 3.05) is 51.3 Å². The molecule has 0 saturated carbocycles. The van der Waals surface area contributed by atoms with E-state index in [0.29, 0.717) is 68.1 Å². The number of aromatic nitrogens is 3. The van der Waals surface area contributed by atoms with Crippen molar-refractivity contribution in [3.05, 3.63) is 77.6 Å². The van der Waals surface area contributed by atoms with Gasteiger partial charge in [0.2, 0.25) is 5.91 Å². The summed E-state index contributed by atoms with van der Waals surface area (Å²) >= 11 is 0. The zero-order valence-corrected chi connectivity index (χ0v) is 24.7. The molecule has 0 atom stereocenters. The van der Waals surface area contributed by atoms with E-state index in [9.17, 15) is 9.59 Å². The van der Waals surface area contributed by atoms with Crippen molar-refractivity contribution in [3.63, 3.8) is 0 Å². The van der Waals surface area contributed by atoms with Crippen molar-refractivity contribution in [2.45, 2.75) is 26.7 Å². The van der Waals surface area contributed by atoms with Crippen molar-refractivity contribution >= 4 is 34.1 Å². The number of benzene rings is 1. The molecule has 9 nitrogen and oxygen atoms in total. The summed E-state index contributed by atoms with van der Waals surface area (Å²) < 4.78 is 21.8. The van der Waals surface area contributed by atoms with Crippen LogP contribution in [0.3, 0.4) is 0 Å². The smallest absolute Gasteiger partial charge is 0.270 e. The average Bonchev–Trinajstić information content (AvgIpc) is 3.51. The molecule has 2 aliphatic heterocycles. The van der Waals surface area contributed by atoms with Crippen LogP contribution in [0.2, 0.25) is 0 Å². The lowest BCUT2D eigenvalue weighted by Gasteiger charge is -2.35. The van der Waals surface area contributed by atoms with Crippen LogP contribution in [0.1, 0.15) is 41.9 Å². The number of nitrogens with zero attached hydrogens (tertiary/aromatic N) is 5. The Morgan fingerprint density at radius 1 is 1.02 bits per heavy atom. The number of ether oxygens (including phenoxy) is 1. The lowest BCUT2D eigenvalue weighted by atomic mass is 9.91. The first kappa shape index (κ1) is 28.4. The number of hydrogen-bond donors (Lipinski definition) is 1. The Morgan fingerprint density at radius 2 is 1.84 bits per heavy atom. The Labute approximate surface area is 250 Å². The quantitative estimate of drug-likeness (QED) is 0.347. The summed E-state index contributed by atoms with van der Waals surface area (Å²) in [6, 6.07) is 9.28. The van der Waals surface area contributed by atoms with E-state index in [1.807, 2.05) is 30.3 Å². The molecule has 5 heterocycles. The monoisotopic (exact) mass is 582 g/mol. The summed E-state index contributed by atoms with van der Waals surface area (Å²) in [6.45, 7) is 6.73. The number of rotatable bonds is 6. The highest BCUT2D eigenvalue weighted by atomic mass is 19.1. The number of aromatic amines is 1. The number of fused-ring (bicyclic) bond motifs is 1. The molecule has 1 fully saturated rings. The maximum Gasteiger partial charge on any atom is 0.270 e. The Kier molecular flexibility index (Phi) is 7.84. The number of nitrogens with one attached hydrogen (secondary N) is 1. The number of piperazine rings is 1. The Hall–Kier alpha value is -4.73. The molecule has 2 amide bonds. The van der Waals surface area contributed by atoms with Crippen LogP contribution in [0.5, 0.6) is 5.75 Å². The van der Waals surface area contributed by atoms with Gasteiger partial charge < -0.3 is 24.4 Å². The second-order valence-electron chi connectivity index (χ2n) is 10.9. The summed E-state index contributed by atoms with van der Waals surface area (Å²) in [5, 5.41) is 0.629. The summed E-state index contributed by atoms with van der Waals surface area (Å²) in [7, 11) is 1.62. The van der Waals surface area contributed by atoms with Gasteiger partial charge in [-0.15, -0.1) is 0 Å². The minimum Gasteiger partial charge on any atom is -0.493 e. The molecular weight excluding hydrogens is 547 g/mol. The van der Waals surface area contributed by atoms with Gasteiger partial charge >= 0.3 is 0 Å². The van der Waals surface area contributed by atoms with Crippen LogP contribution in [-0.2, 0) is 11.2 Å². The van der Waals surface area contributed by atoms with Gasteiger partial charge in [-0.1, -0.05) is 13.0 Å². The van der Waals surface area contributed by atoms with Crippen LogP contribution >= 0.6 is 0 Å². The third-order valence-electron chi connectivity index (χ3n) is 8.44. The van der Waals surface area contributed by atoms with Crippen molar-refractivity contribution < 1.29 is 18.7 Å². The number of H-pyrrole nitrogens is 1. The molecule has 10 heteroatoms. The van der Waals surface area contributed by atoms with Crippen molar-refractivity contribution in [1.29, 1.82) is 0 Å². The van der Waals surface area contributed by atoms with Crippen LogP contribution in [0.25, 0.3) is 27.6 Å². The van der Waals surface area contributed by atoms with E-state index in [1.165, 1.54) is 6.92 Å².